The lowest BCUT2D eigenvalue weighted by Crippen LogP contribution is -2.38. The highest BCUT2D eigenvalue weighted by atomic mass is 32.1. The van der Waals surface area contributed by atoms with Crippen molar-refractivity contribution in [3.05, 3.63) is 35.9 Å². The number of benzene rings is 1. The first-order valence-corrected chi connectivity index (χ1v) is 8.37. The Morgan fingerprint density at radius 2 is 2.00 bits per heavy atom. The molecule has 0 aromatic heterocycles. The van der Waals surface area contributed by atoms with Crippen LogP contribution in [0.25, 0.3) is 0 Å². The number of rotatable bonds is 7. The Bertz CT molecular complexity index is 445. The lowest BCUT2D eigenvalue weighted by molar-refractivity contribution is 0.189. The fourth-order valence-corrected chi connectivity index (χ4v) is 3.57. The average Bonchev–Trinajstić information content (AvgIpc) is 2.96. The minimum absolute atomic E-state index is 0.323. The van der Waals surface area contributed by atoms with Gasteiger partial charge in [-0.15, -0.1) is 0 Å². The molecule has 1 saturated heterocycles. The molecule has 0 spiro atoms. The summed E-state index contributed by atoms with van der Waals surface area (Å²) in [7, 11) is 0. The summed E-state index contributed by atoms with van der Waals surface area (Å²) < 4.78 is 0. The Labute approximate surface area is 134 Å². The standard InChI is InChI=1S/C17H27N3S/c1-3-19(4-2)15-10-11-20(13-15)16(12-17(18)21)14-8-6-5-7-9-14/h5-9,15-16H,3-4,10-13H2,1-2H3,(H2,18,21). The summed E-state index contributed by atoms with van der Waals surface area (Å²) in [5.74, 6) is 0. The van der Waals surface area contributed by atoms with Crippen LogP contribution in [0.5, 0.6) is 0 Å². The molecule has 2 rings (SSSR count). The molecule has 0 aliphatic carbocycles. The highest BCUT2D eigenvalue weighted by Gasteiger charge is 2.31. The van der Waals surface area contributed by atoms with Gasteiger partial charge >= 0.3 is 0 Å². The van der Waals surface area contributed by atoms with Crippen molar-refractivity contribution in [1.82, 2.24) is 9.80 Å². The number of hydrogen-bond acceptors (Lipinski definition) is 3. The summed E-state index contributed by atoms with van der Waals surface area (Å²) in [6.45, 7) is 8.99. The summed E-state index contributed by atoms with van der Waals surface area (Å²) in [5.41, 5.74) is 7.16. The second-order valence-electron chi connectivity index (χ2n) is 5.76. The molecule has 1 aliphatic heterocycles. The molecule has 1 aliphatic rings. The van der Waals surface area contributed by atoms with Crippen molar-refractivity contribution in [2.75, 3.05) is 26.2 Å². The maximum atomic E-state index is 5.84. The van der Waals surface area contributed by atoms with Crippen LogP contribution < -0.4 is 5.73 Å². The Hall–Kier alpha value is -0.970. The predicted molar refractivity (Wildman–Crippen MR) is 93.5 cm³/mol. The summed E-state index contributed by atoms with van der Waals surface area (Å²) >= 11 is 5.17. The third kappa shape index (κ3) is 4.25. The Kier molecular flexibility index (Phi) is 6.15. The van der Waals surface area contributed by atoms with Gasteiger partial charge in [0.1, 0.15) is 0 Å². The molecule has 116 valence electrons. The van der Waals surface area contributed by atoms with Crippen LogP contribution in [-0.4, -0.2) is 47.0 Å². The number of likely N-dealkylation sites (tertiary alicyclic amines) is 1. The molecule has 1 fully saturated rings. The maximum absolute atomic E-state index is 5.84. The molecule has 3 nitrogen and oxygen atoms in total. The molecule has 0 bridgehead atoms. The molecule has 0 radical (unpaired) electrons. The molecular formula is C17H27N3S. The predicted octanol–water partition coefficient (Wildman–Crippen LogP) is 2.82. The molecule has 0 amide bonds. The Morgan fingerprint density at radius 3 is 2.57 bits per heavy atom. The molecule has 2 N–H and O–H groups in total. The minimum Gasteiger partial charge on any atom is -0.393 e. The average molecular weight is 305 g/mol. The zero-order valence-corrected chi connectivity index (χ0v) is 14.0. The van der Waals surface area contributed by atoms with Crippen molar-refractivity contribution in [3.8, 4) is 0 Å². The van der Waals surface area contributed by atoms with Gasteiger partial charge in [-0.2, -0.15) is 0 Å². The molecule has 21 heavy (non-hydrogen) atoms. The zero-order chi connectivity index (χ0) is 15.2. The summed E-state index contributed by atoms with van der Waals surface area (Å²) in [5, 5.41) is 0. The Balaban J connectivity index is 2.10. The second kappa shape index (κ2) is 7.87. The molecule has 1 aromatic carbocycles. The normalized spacial score (nSPS) is 20.8. The summed E-state index contributed by atoms with van der Waals surface area (Å²) in [6, 6.07) is 11.6. The van der Waals surface area contributed by atoms with E-state index in [1.807, 2.05) is 0 Å². The van der Waals surface area contributed by atoms with Crippen molar-refractivity contribution in [1.29, 1.82) is 0 Å². The smallest absolute Gasteiger partial charge is 0.0746 e. The van der Waals surface area contributed by atoms with Gasteiger partial charge in [-0.25, -0.2) is 0 Å². The van der Waals surface area contributed by atoms with E-state index in [9.17, 15) is 0 Å². The molecule has 2 unspecified atom stereocenters. The van der Waals surface area contributed by atoms with E-state index in [4.69, 9.17) is 18.0 Å². The molecular weight excluding hydrogens is 278 g/mol. The lowest BCUT2D eigenvalue weighted by atomic mass is 10.0. The van der Waals surface area contributed by atoms with Gasteiger partial charge in [0, 0.05) is 31.6 Å². The molecule has 1 aromatic rings. The lowest BCUT2D eigenvalue weighted by Gasteiger charge is -2.30. The van der Waals surface area contributed by atoms with Crippen LogP contribution in [-0.2, 0) is 0 Å². The highest BCUT2D eigenvalue weighted by Crippen LogP contribution is 2.29. The van der Waals surface area contributed by atoms with Gasteiger partial charge in [-0.05, 0) is 25.1 Å². The van der Waals surface area contributed by atoms with Crippen LogP contribution in [0.15, 0.2) is 30.3 Å². The van der Waals surface area contributed by atoms with E-state index >= 15 is 0 Å². The van der Waals surface area contributed by atoms with E-state index in [1.54, 1.807) is 0 Å². The van der Waals surface area contributed by atoms with Gasteiger partial charge in [0.2, 0.25) is 0 Å². The van der Waals surface area contributed by atoms with E-state index in [0.29, 0.717) is 17.1 Å². The SMILES string of the molecule is CCN(CC)C1CCN(C(CC(N)=S)c2ccccc2)C1. The van der Waals surface area contributed by atoms with E-state index in [0.717, 1.165) is 32.6 Å². The first-order chi connectivity index (χ1) is 10.2. The first-order valence-electron chi connectivity index (χ1n) is 7.97. The number of hydrogen-bond donors (Lipinski definition) is 1. The van der Waals surface area contributed by atoms with E-state index in [-0.39, 0.29) is 0 Å². The number of nitrogens with zero attached hydrogens (tertiary/aromatic N) is 2. The van der Waals surface area contributed by atoms with Crippen LogP contribution in [0.2, 0.25) is 0 Å². The van der Waals surface area contributed by atoms with Crippen LogP contribution >= 0.6 is 12.2 Å². The maximum Gasteiger partial charge on any atom is 0.0746 e. The fourth-order valence-electron chi connectivity index (χ4n) is 3.41. The Morgan fingerprint density at radius 1 is 1.33 bits per heavy atom. The van der Waals surface area contributed by atoms with Gasteiger partial charge in [-0.1, -0.05) is 56.4 Å². The van der Waals surface area contributed by atoms with E-state index in [2.05, 4.69) is 54.0 Å². The number of thiocarbonyl (C=S) groups is 1. The number of likely N-dealkylation sites (N-methyl/N-ethyl adjacent to an activating group) is 1. The third-order valence-electron chi connectivity index (χ3n) is 4.54. The van der Waals surface area contributed by atoms with Gasteiger partial charge in [0.05, 0.1) is 4.99 Å². The van der Waals surface area contributed by atoms with E-state index < -0.39 is 0 Å². The minimum atomic E-state index is 0.323. The van der Waals surface area contributed by atoms with Gasteiger partial charge in [0.15, 0.2) is 0 Å². The van der Waals surface area contributed by atoms with Gasteiger partial charge < -0.3 is 5.73 Å². The molecule has 4 heteroatoms. The van der Waals surface area contributed by atoms with Crippen molar-refractivity contribution in [2.24, 2.45) is 5.73 Å². The van der Waals surface area contributed by atoms with Crippen LogP contribution in [0, 0.1) is 0 Å². The highest BCUT2D eigenvalue weighted by molar-refractivity contribution is 7.80. The summed E-state index contributed by atoms with van der Waals surface area (Å²) in [6.07, 6.45) is 2.01. The third-order valence-corrected chi connectivity index (χ3v) is 4.71. The molecule has 1 heterocycles. The first kappa shape index (κ1) is 16.4. The van der Waals surface area contributed by atoms with Crippen molar-refractivity contribution < 1.29 is 0 Å². The van der Waals surface area contributed by atoms with Crippen molar-refractivity contribution in [2.45, 2.75) is 38.8 Å². The van der Waals surface area contributed by atoms with Crippen molar-refractivity contribution >= 4 is 17.2 Å². The number of nitrogens with two attached hydrogens (primary N) is 1. The molecule has 2 atom stereocenters. The van der Waals surface area contributed by atoms with Gasteiger partial charge in [-0.3, -0.25) is 9.80 Å². The van der Waals surface area contributed by atoms with Crippen LogP contribution in [0.1, 0.15) is 38.3 Å². The van der Waals surface area contributed by atoms with Crippen LogP contribution in [0.3, 0.4) is 0 Å². The quantitative estimate of drug-likeness (QED) is 0.785. The monoisotopic (exact) mass is 305 g/mol. The second-order valence-corrected chi connectivity index (χ2v) is 6.28. The van der Waals surface area contributed by atoms with Crippen LogP contribution in [0.4, 0.5) is 0 Å². The van der Waals surface area contributed by atoms with E-state index in [1.165, 1.54) is 12.0 Å². The van der Waals surface area contributed by atoms with Gasteiger partial charge in [0.25, 0.3) is 0 Å². The fraction of sp³-hybridized carbons (Fsp3) is 0.588. The topological polar surface area (TPSA) is 32.5 Å². The summed E-state index contributed by atoms with van der Waals surface area (Å²) in [4.78, 5) is 5.72. The molecule has 0 saturated carbocycles. The largest absolute Gasteiger partial charge is 0.393 e. The van der Waals surface area contributed by atoms with Crippen molar-refractivity contribution in [3.63, 3.8) is 0 Å². The zero-order valence-electron chi connectivity index (χ0n) is 13.2.